The van der Waals surface area contributed by atoms with Crippen molar-refractivity contribution in [2.75, 3.05) is 18.2 Å². The molecule has 0 saturated carbocycles. The summed E-state index contributed by atoms with van der Waals surface area (Å²) >= 11 is 0. The Bertz CT molecular complexity index is 2230. The van der Waals surface area contributed by atoms with Crippen LogP contribution in [0.5, 0.6) is 34.5 Å². The van der Waals surface area contributed by atoms with Crippen LogP contribution < -0.4 is 11.2 Å². The first kappa shape index (κ1) is 36.3. The molecule has 0 bridgehead atoms. The van der Waals surface area contributed by atoms with Gasteiger partial charge in [-0.15, -0.1) is 0 Å². The van der Waals surface area contributed by atoms with Gasteiger partial charge in [-0.1, -0.05) is 0 Å². The van der Waals surface area contributed by atoms with Crippen LogP contribution >= 0.6 is 15.2 Å². The van der Waals surface area contributed by atoms with Gasteiger partial charge < -0.3 is 74.9 Å². The van der Waals surface area contributed by atoms with Gasteiger partial charge in [0, 0.05) is 17.7 Å². The van der Waals surface area contributed by atoms with Crippen molar-refractivity contribution >= 4 is 43.1 Å². The number of nitrogen functional groups attached to an aromatic ring is 1. The minimum absolute atomic E-state index is 0.0593. The second kappa shape index (κ2) is 13.4. The lowest BCUT2D eigenvalue weighted by Gasteiger charge is -2.18. The van der Waals surface area contributed by atoms with E-state index in [0.29, 0.717) is 0 Å². The number of fused-ring (bicyclic) bond motifs is 2. The number of ether oxygens (including phenoxy) is 1. The number of nitrogens with zero attached hydrogens (tertiary/aromatic N) is 4. The van der Waals surface area contributed by atoms with E-state index in [1.807, 2.05) is 0 Å². The molecule has 4 heterocycles. The Morgan fingerprint density at radius 2 is 1.54 bits per heavy atom. The van der Waals surface area contributed by atoms with Crippen LogP contribution in [-0.2, 0) is 18.4 Å². The van der Waals surface area contributed by atoms with E-state index in [0.717, 1.165) is 24.3 Å². The molecular weight excluding hydrogens is 716 g/mol. The number of aromatic nitrogens is 4. The quantitative estimate of drug-likeness (QED) is 0.0774. The van der Waals surface area contributed by atoms with Crippen molar-refractivity contribution in [1.29, 1.82) is 0 Å². The zero-order valence-electron chi connectivity index (χ0n) is 24.8. The van der Waals surface area contributed by atoms with Gasteiger partial charge >= 0.3 is 15.2 Å². The second-order valence-electron chi connectivity index (χ2n) is 10.7. The number of nitrogens with two attached hydrogens (primary N) is 1. The lowest BCUT2D eigenvalue weighted by molar-refractivity contribution is -0.0481. The third-order valence-electron chi connectivity index (χ3n) is 7.08. The van der Waals surface area contributed by atoms with Crippen LogP contribution in [0.1, 0.15) is 6.23 Å². The maximum atomic E-state index is 12.2. The SMILES string of the molecule is Nc1ncnc2ncn(C3OC(COP(=O)(O)CP(=O)(O)O)C(O)C3O)c12.O=c1c(O)c(-c2cc(O)c(O)c(O)c2)oc2cc(O)cc(O)c12. The molecule has 1 aliphatic heterocycles. The maximum Gasteiger partial charge on any atom is 0.340 e. The molecule has 13 N–H and O–H groups in total. The van der Waals surface area contributed by atoms with Crippen LogP contribution in [0.3, 0.4) is 0 Å². The van der Waals surface area contributed by atoms with E-state index < -0.39 is 92.2 Å². The Morgan fingerprint density at radius 1 is 0.880 bits per heavy atom. The Labute approximate surface area is 276 Å². The summed E-state index contributed by atoms with van der Waals surface area (Å²) in [4.78, 5) is 50.9. The van der Waals surface area contributed by atoms with Gasteiger partial charge in [0.25, 0.3) is 0 Å². The Balaban J connectivity index is 0.000000197. The van der Waals surface area contributed by atoms with E-state index in [4.69, 9.17) is 24.7 Å². The third kappa shape index (κ3) is 7.28. The average molecular weight is 743 g/mol. The van der Waals surface area contributed by atoms with E-state index in [1.165, 1.54) is 17.2 Å². The highest BCUT2D eigenvalue weighted by atomic mass is 31.2. The summed E-state index contributed by atoms with van der Waals surface area (Å²) in [6.07, 6.45) is -2.96. The van der Waals surface area contributed by atoms with Crippen molar-refractivity contribution in [2.24, 2.45) is 0 Å². The van der Waals surface area contributed by atoms with Crippen molar-refractivity contribution in [2.45, 2.75) is 24.5 Å². The molecule has 1 aliphatic rings. The topological polar surface area (TPSA) is 375 Å². The normalized spacial score (nSPS) is 20.4. The number of imidazole rings is 1. The molecule has 268 valence electrons. The predicted octanol–water partition coefficient (Wildman–Crippen LogP) is 0.0585. The summed E-state index contributed by atoms with van der Waals surface area (Å²) in [6.45, 7) is -0.693. The van der Waals surface area contributed by atoms with Crippen molar-refractivity contribution in [3.8, 4) is 45.8 Å². The van der Waals surface area contributed by atoms with Crippen LogP contribution in [0.25, 0.3) is 33.5 Å². The molecular formula is C26H27N5O17P2. The predicted molar refractivity (Wildman–Crippen MR) is 166 cm³/mol. The molecule has 0 spiro atoms. The van der Waals surface area contributed by atoms with Gasteiger partial charge in [0.15, 0.2) is 46.6 Å². The van der Waals surface area contributed by atoms with Crippen molar-refractivity contribution in [3.63, 3.8) is 0 Å². The van der Waals surface area contributed by atoms with Gasteiger partial charge in [0.2, 0.25) is 11.2 Å². The highest BCUT2D eigenvalue weighted by Gasteiger charge is 2.45. The number of phenolic OH excluding ortho intramolecular Hbond substituents is 5. The molecule has 5 unspecified atom stereocenters. The van der Waals surface area contributed by atoms with Crippen LogP contribution in [0.4, 0.5) is 5.82 Å². The number of aromatic hydroxyl groups is 6. The Kier molecular flexibility index (Phi) is 9.69. The fraction of sp³-hybridized carbons (Fsp3) is 0.231. The molecule has 24 heteroatoms. The molecule has 1 fully saturated rings. The van der Waals surface area contributed by atoms with Gasteiger partial charge in [0.1, 0.15) is 59.0 Å². The second-order valence-corrected chi connectivity index (χ2v) is 14.7. The number of hydrogen-bond donors (Lipinski definition) is 12. The van der Waals surface area contributed by atoms with Crippen LogP contribution in [0.2, 0.25) is 0 Å². The fourth-order valence-corrected chi connectivity index (χ4v) is 7.43. The monoisotopic (exact) mass is 743 g/mol. The molecule has 0 amide bonds. The number of anilines is 1. The van der Waals surface area contributed by atoms with E-state index in [-0.39, 0.29) is 39.3 Å². The molecule has 50 heavy (non-hydrogen) atoms. The number of rotatable bonds is 7. The Hall–Kier alpha value is -5.02. The van der Waals surface area contributed by atoms with Gasteiger partial charge in [-0.3, -0.25) is 18.5 Å². The van der Waals surface area contributed by atoms with Gasteiger partial charge in [-0.25, -0.2) is 15.0 Å². The Morgan fingerprint density at radius 3 is 2.18 bits per heavy atom. The lowest BCUT2D eigenvalue weighted by atomic mass is 10.1. The minimum Gasteiger partial charge on any atom is -0.508 e. The standard InChI is InChI=1S/C15H10O8.C11H17N5O9P2/c16-6-3-7(17)11-10(4-6)23-15(14(22)13(11)21)5-1-8(18)12(20)9(19)2-5;12-9-6-10(14-2-13-9)15-3-16(6)11-8(18)7(17)5(25-11)1-24-27(22,23)4-26(19,20)21/h1-4,16-20,22H;2-3,5,7-8,11,17-18H,1,4H2,(H,22,23)(H2,12,13,14)(H2,19,20,21). The first-order chi connectivity index (χ1) is 23.3. The van der Waals surface area contributed by atoms with Crippen LogP contribution in [0, 0.1) is 0 Å². The van der Waals surface area contributed by atoms with E-state index >= 15 is 0 Å². The smallest absolute Gasteiger partial charge is 0.340 e. The molecule has 3 aromatic heterocycles. The zero-order chi connectivity index (χ0) is 36.9. The van der Waals surface area contributed by atoms with E-state index in [2.05, 4.69) is 19.5 Å². The highest BCUT2D eigenvalue weighted by molar-refractivity contribution is 7.70. The summed E-state index contributed by atoms with van der Waals surface area (Å²) in [5, 5.41) is 77.5. The fourth-order valence-electron chi connectivity index (χ4n) is 4.86. The largest absolute Gasteiger partial charge is 0.508 e. The molecule has 5 aromatic rings. The van der Waals surface area contributed by atoms with Crippen LogP contribution in [0.15, 0.2) is 46.1 Å². The van der Waals surface area contributed by atoms with Crippen LogP contribution in [-0.4, -0.2) is 106 Å². The zero-order valence-corrected chi connectivity index (χ0v) is 26.6. The molecule has 5 atom stereocenters. The van der Waals surface area contributed by atoms with Gasteiger partial charge in [-0.05, 0) is 12.1 Å². The van der Waals surface area contributed by atoms with Gasteiger partial charge in [0.05, 0.1) is 6.61 Å². The summed E-state index contributed by atoms with van der Waals surface area (Å²) < 4.78 is 39.3. The maximum absolute atomic E-state index is 12.2. The minimum atomic E-state index is -4.79. The number of phenols is 5. The molecule has 2 aromatic carbocycles. The summed E-state index contributed by atoms with van der Waals surface area (Å²) in [7, 11) is -9.43. The summed E-state index contributed by atoms with van der Waals surface area (Å²) in [5.41, 5.74) is 4.98. The van der Waals surface area contributed by atoms with Crippen molar-refractivity contribution < 1.29 is 78.3 Å². The number of aliphatic hydroxyl groups excluding tert-OH is 2. The first-order valence-electron chi connectivity index (χ1n) is 13.7. The number of hydrogen-bond acceptors (Lipinski definition) is 18. The highest BCUT2D eigenvalue weighted by Crippen LogP contribution is 2.55. The number of benzene rings is 2. The molecule has 0 radical (unpaired) electrons. The number of aliphatic hydroxyl groups is 2. The molecule has 1 saturated heterocycles. The van der Waals surface area contributed by atoms with Crippen molar-refractivity contribution in [1.82, 2.24) is 19.5 Å². The molecule has 0 aliphatic carbocycles. The average Bonchev–Trinajstić information content (AvgIpc) is 3.56. The summed E-state index contributed by atoms with van der Waals surface area (Å²) in [5.74, 6) is -5.72. The van der Waals surface area contributed by atoms with E-state index in [1.54, 1.807) is 0 Å². The molecule has 6 rings (SSSR count). The lowest BCUT2D eigenvalue weighted by Crippen LogP contribution is -2.33. The third-order valence-corrected chi connectivity index (χ3v) is 10.5. The van der Waals surface area contributed by atoms with E-state index in [9.17, 15) is 59.7 Å². The van der Waals surface area contributed by atoms with Gasteiger partial charge in [-0.2, -0.15) is 0 Å². The summed E-state index contributed by atoms with van der Waals surface area (Å²) in [6, 6.07) is 3.89. The van der Waals surface area contributed by atoms with Crippen molar-refractivity contribution in [3.05, 3.63) is 47.1 Å². The molecule has 22 nitrogen and oxygen atoms in total. The first-order valence-corrected chi connectivity index (χ1v) is 17.3.